The third kappa shape index (κ3) is 10.2. The van der Waals surface area contributed by atoms with Gasteiger partial charge in [0, 0.05) is 45.3 Å². The Morgan fingerprint density at radius 3 is 1.62 bits per heavy atom. The lowest BCUT2D eigenvalue weighted by atomic mass is 9.58. The zero-order chi connectivity index (χ0) is 32.9. The van der Waals surface area contributed by atoms with Crippen LogP contribution in [0.5, 0.6) is 0 Å². The van der Waals surface area contributed by atoms with Crippen LogP contribution < -0.4 is 0 Å². The molecule has 250 valence electrons. The maximum absolute atomic E-state index is 14.4. The molecule has 0 aliphatic heterocycles. The van der Waals surface area contributed by atoms with Crippen LogP contribution in [0.1, 0.15) is 149 Å². The Morgan fingerprint density at radius 1 is 0.786 bits per heavy atom. The molecule has 2 bridgehead atoms. The standard InChI is InChI=1S/C33H62O6.C3H8/c1-22(2)25(35-14)37-30(12)19-32(38-26(36-15)23(3)4)16-24(5)17-33(20-30,21-32)39-27(34)31(13,29(9,10)11)18-28(6,7)8;1-3-2/h22-26H,16-21H2,1-15H3;3H2,1-2H3. The fourth-order valence-corrected chi connectivity index (χ4v) is 7.55. The Hall–Kier alpha value is -0.690. The maximum atomic E-state index is 14.4. The molecule has 0 aromatic carbocycles. The highest BCUT2D eigenvalue weighted by molar-refractivity contribution is 5.78. The lowest BCUT2D eigenvalue weighted by Crippen LogP contribution is -2.64. The summed E-state index contributed by atoms with van der Waals surface area (Å²) in [4.78, 5) is 14.4. The van der Waals surface area contributed by atoms with E-state index >= 15 is 0 Å². The van der Waals surface area contributed by atoms with E-state index in [0.29, 0.717) is 25.2 Å². The van der Waals surface area contributed by atoms with Crippen LogP contribution >= 0.6 is 0 Å². The van der Waals surface area contributed by atoms with Crippen molar-refractivity contribution in [2.24, 2.45) is 34.0 Å². The van der Waals surface area contributed by atoms with Gasteiger partial charge in [0.25, 0.3) is 0 Å². The molecular weight excluding hydrogens is 528 g/mol. The summed E-state index contributed by atoms with van der Waals surface area (Å²) >= 11 is 0. The average molecular weight is 599 g/mol. The highest BCUT2D eigenvalue weighted by atomic mass is 16.7. The minimum atomic E-state index is -0.698. The van der Waals surface area contributed by atoms with Crippen molar-refractivity contribution in [2.75, 3.05) is 14.2 Å². The van der Waals surface area contributed by atoms with Crippen molar-refractivity contribution < 1.29 is 28.5 Å². The molecule has 0 saturated heterocycles. The van der Waals surface area contributed by atoms with Gasteiger partial charge in [0.1, 0.15) is 5.60 Å². The van der Waals surface area contributed by atoms with Gasteiger partial charge in [-0.2, -0.15) is 0 Å². The number of ether oxygens (including phenoxy) is 5. The summed E-state index contributed by atoms with van der Waals surface area (Å²) in [6, 6.07) is 0. The molecule has 7 atom stereocenters. The van der Waals surface area contributed by atoms with Crippen LogP contribution in [0.25, 0.3) is 0 Å². The topological polar surface area (TPSA) is 63.2 Å². The zero-order valence-electron chi connectivity index (χ0n) is 30.8. The van der Waals surface area contributed by atoms with Crippen molar-refractivity contribution in [2.45, 2.75) is 178 Å². The molecule has 2 fully saturated rings. The first kappa shape index (κ1) is 39.3. The SMILES string of the molecule is CCC.COC(OC1(C)CC2(OC(=O)C(C)(CC(C)(C)C)C(C)(C)C)CC(C)CC(OC(OC)C(C)C)(C1)C2)C(C)C. The van der Waals surface area contributed by atoms with Crippen LogP contribution in [0, 0.1) is 34.0 Å². The molecule has 0 N–H and O–H groups in total. The molecule has 6 heteroatoms. The van der Waals surface area contributed by atoms with Crippen molar-refractivity contribution in [1.29, 1.82) is 0 Å². The normalized spacial score (nSPS) is 31.2. The van der Waals surface area contributed by atoms with E-state index in [4.69, 9.17) is 23.7 Å². The number of hydrogen-bond donors (Lipinski definition) is 0. The van der Waals surface area contributed by atoms with E-state index in [9.17, 15) is 4.79 Å². The van der Waals surface area contributed by atoms with Crippen molar-refractivity contribution in [1.82, 2.24) is 0 Å². The van der Waals surface area contributed by atoms with Crippen molar-refractivity contribution in [3.05, 3.63) is 0 Å². The molecule has 0 spiro atoms. The molecule has 0 amide bonds. The molecule has 2 saturated carbocycles. The van der Waals surface area contributed by atoms with Crippen molar-refractivity contribution in [3.8, 4) is 0 Å². The highest BCUT2D eigenvalue weighted by Crippen LogP contribution is 2.58. The van der Waals surface area contributed by atoms with Crippen molar-refractivity contribution in [3.63, 3.8) is 0 Å². The second-order valence-corrected chi connectivity index (χ2v) is 17.2. The maximum Gasteiger partial charge on any atom is 0.312 e. The van der Waals surface area contributed by atoms with E-state index in [1.165, 1.54) is 6.42 Å². The Morgan fingerprint density at radius 2 is 1.21 bits per heavy atom. The molecule has 7 unspecified atom stereocenters. The Kier molecular flexibility index (Phi) is 13.7. The zero-order valence-corrected chi connectivity index (χ0v) is 30.8. The Labute approximate surface area is 260 Å². The largest absolute Gasteiger partial charge is 0.458 e. The molecular formula is C36H70O6. The van der Waals surface area contributed by atoms with Gasteiger partial charge in [0.05, 0.1) is 16.6 Å². The van der Waals surface area contributed by atoms with Crippen molar-refractivity contribution >= 4 is 5.97 Å². The minimum absolute atomic E-state index is 0.0263. The van der Waals surface area contributed by atoms with Gasteiger partial charge in [-0.3, -0.25) is 4.79 Å². The molecule has 6 nitrogen and oxygen atoms in total. The van der Waals surface area contributed by atoms with Gasteiger partial charge in [-0.15, -0.1) is 0 Å². The first-order chi connectivity index (χ1) is 19.0. The summed E-state index contributed by atoms with van der Waals surface area (Å²) in [5.41, 5.74) is -2.78. The smallest absolute Gasteiger partial charge is 0.312 e. The lowest BCUT2D eigenvalue weighted by molar-refractivity contribution is -0.314. The van der Waals surface area contributed by atoms with Crippen LogP contribution in [-0.4, -0.2) is 49.6 Å². The van der Waals surface area contributed by atoms with E-state index in [2.05, 4.69) is 104 Å². The molecule has 0 aromatic rings. The van der Waals surface area contributed by atoms with Gasteiger partial charge in [0.15, 0.2) is 12.6 Å². The third-order valence-electron chi connectivity index (χ3n) is 9.10. The van der Waals surface area contributed by atoms with Crippen LogP contribution in [0.15, 0.2) is 0 Å². The summed E-state index contributed by atoms with van der Waals surface area (Å²) < 4.78 is 32.1. The minimum Gasteiger partial charge on any atom is -0.458 e. The van der Waals surface area contributed by atoms with Gasteiger partial charge in [-0.1, -0.05) is 96.4 Å². The van der Waals surface area contributed by atoms with Gasteiger partial charge < -0.3 is 23.7 Å². The number of carbonyl (C=O) groups excluding carboxylic acids is 1. The molecule has 42 heavy (non-hydrogen) atoms. The number of esters is 1. The molecule has 2 aliphatic rings. The summed E-state index contributed by atoms with van der Waals surface area (Å²) in [6.45, 7) is 32.2. The average Bonchev–Trinajstić information content (AvgIpc) is 2.78. The first-order valence-corrected chi connectivity index (χ1v) is 16.6. The lowest BCUT2D eigenvalue weighted by Gasteiger charge is -2.60. The summed E-state index contributed by atoms with van der Waals surface area (Å²) in [6.07, 6.45) is 4.89. The molecule has 2 rings (SSSR count). The van der Waals surface area contributed by atoms with Gasteiger partial charge in [-0.25, -0.2) is 0 Å². The highest BCUT2D eigenvalue weighted by Gasteiger charge is 2.62. The predicted molar refractivity (Wildman–Crippen MR) is 173 cm³/mol. The summed E-state index contributed by atoms with van der Waals surface area (Å²) in [7, 11) is 3.41. The van der Waals surface area contributed by atoms with Gasteiger partial charge >= 0.3 is 5.97 Å². The van der Waals surface area contributed by atoms with E-state index in [1.807, 2.05) is 0 Å². The molecule has 2 aliphatic carbocycles. The third-order valence-corrected chi connectivity index (χ3v) is 9.10. The van der Waals surface area contributed by atoms with Gasteiger partial charge in [-0.05, 0) is 49.9 Å². The Bertz CT molecular complexity index is 837. The first-order valence-electron chi connectivity index (χ1n) is 16.6. The van der Waals surface area contributed by atoms with Crippen LogP contribution in [0.3, 0.4) is 0 Å². The quantitative estimate of drug-likeness (QED) is 0.174. The summed E-state index contributed by atoms with van der Waals surface area (Å²) in [5, 5.41) is 0. The Balaban J connectivity index is 0.00000281. The van der Waals surface area contributed by atoms with Crippen LogP contribution in [0.2, 0.25) is 0 Å². The van der Waals surface area contributed by atoms with Crippen LogP contribution in [-0.2, 0) is 28.5 Å². The van der Waals surface area contributed by atoms with E-state index in [-0.39, 0.29) is 41.2 Å². The van der Waals surface area contributed by atoms with E-state index in [1.54, 1.807) is 14.2 Å². The fourth-order valence-electron chi connectivity index (χ4n) is 7.55. The fraction of sp³-hybridized carbons (Fsp3) is 0.972. The van der Waals surface area contributed by atoms with Crippen LogP contribution in [0.4, 0.5) is 0 Å². The number of methoxy groups -OCH3 is 2. The van der Waals surface area contributed by atoms with E-state index in [0.717, 1.165) is 19.3 Å². The number of carbonyl (C=O) groups is 1. The number of hydrogen-bond acceptors (Lipinski definition) is 6. The second-order valence-electron chi connectivity index (χ2n) is 17.2. The number of fused-ring (bicyclic) bond motifs is 2. The monoisotopic (exact) mass is 599 g/mol. The van der Waals surface area contributed by atoms with E-state index < -0.39 is 22.2 Å². The second kappa shape index (κ2) is 14.6. The number of rotatable bonds is 11. The molecule has 0 heterocycles. The summed E-state index contributed by atoms with van der Waals surface area (Å²) in [5.74, 6) is 0.580. The molecule has 0 radical (unpaired) electrons. The molecule has 0 aromatic heterocycles. The predicted octanol–water partition coefficient (Wildman–Crippen LogP) is 9.57. The van der Waals surface area contributed by atoms with Gasteiger partial charge in [0.2, 0.25) is 0 Å².